The second-order valence-corrected chi connectivity index (χ2v) is 6.36. The van der Waals surface area contributed by atoms with Crippen molar-refractivity contribution in [3.63, 3.8) is 0 Å². The zero-order chi connectivity index (χ0) is 16.2. The van der Waals surface area contributed by atoms with Gasteiger partial charge in [-0.2, -0.15) is 0 Å². The van der Waals surface area contributed by atoms with Crippen LogP contribution in [0.15, 0.2) is 18.2 Å². The zero-order valence-electron chi connectivity index (χ0n) is 14.4. The lowest BCUT2D eigenvalue weighted by molar-refractivity contribution is -0.132. The van der Waals surface area contributed by atoms with Crippen molar-refractivity contribution in [3.8, 4) is 11.5 Å². The summed E-state index contributed by atoms with van der Waals surface area (Å²) >= 11 is 0. The van der Waals surface area contributed by atoms with Crippen molar-refractivity contribution in [2.75, 3.05) is 27.3 Å². The third-order valence-corrected chi connectivity index (χ3v) is 4.95. The van der Waals surface area contributed by atoms with Crippen LogP contribution in [-0.4, -0.2) is 44.2 Å². The molecule has 134 valence electrons. The average molecular weight is 355 g/mol. The quantitative estimate of drug-likeness (QED) is 0.883. The molecule has 0 aromatic heterocycles. The van der Waals surface area contributed by atoms with Gasteiger partial charge in [0.25, 0.3) is 0 Å². The van der Waals surface area contributed by atoms with E-state index in [0.717, 1.165) is 49.4 Å². The molecule has 6 heteroatoms. The summed E-state index contributed by atoms with van der Waals surface area (Å²) in [4.78, 5) is 14.7. The molecule has 1 amide bonds. The molecule has 2 atom stereocenters. The number of likely N-dealkylation sites (tertiary alicyclic amines) is 1. The van der Waals surface area contributed by atoms with E-state index in [1.54, 1.807) is 14.2 Å². The minimum Gasteiger partial charge on any atom is -0.493 e. The van der Waals surface area contributed by atoms with Crippen LogP contribution in [-0.2, 0) is 4.79 Å². The van der Waals surface area contributed by atoms with Crippen molar-refractivity contribution in [1.82, 2.24) is 10.2 Å². The van der Waals surface area contributed by atoms with Gasteiger partial charge in [0.2, 0.25) is 5.91 Å². The predicted octanol–water partition coefficient (Wildman–Crippen LogP) is 2.93. The van der Waals surface area contributed by atoms with E-state index in [2.05, 4.69) is 5.32 Å². The summed E-state index contributed by atoms with van der Waals surface area (Å²) in [5.41, 5.74) is 1.13. The van der Waals surface area contributed by atoms with Crippen molar-refractivity contribution in [2.45, 2.75) is 44.2 Å². The fourth-order valence-electron chi connectivity index (χ4n) is 3.73. The van der Waals surface area contributed by atoms with Crippen LogP contribution in [0, 0.1) is 0 Å². The van der Waals surface area contributed by atoms with Crippen LogP contribution in [0.5, 0.6) is 11.5 Å². The van der Waals surface area contributed by atoms with Crippen LogP contribution in [0.1, 0.15) is 43.7 Å². The molecule has 0 aliphatic carbocycles. The molecule has 1 aromatic rings. The van der Waals surface area contributed by atoms with Crippen LogP contribution in [0.3, 0.4) is 0 Å². The fourth-order valence-corrected chi connectivity index (χ4v) is 3.73. The highest BCUT2D eigenvalue weighted by Crippen LogP contribution is 2.37. The lowest BCUT2D eigenvalue weighted by Gasteiger charge is -2.27. The van der Waals surface area contributed by atoms with Gasteiger partial charge in [-0.1, -0.05) is 6.07 Å². The number of rotatable bonds is 5. The number of methoxy groups -OCH3 is 2. The molecule has 0 spiro atoms. The van der Waals surface area contributed by atoms with Crippen LogP contribution in [0.2, 0.25) is 0 Å². The molecule has 2 heterocycles. The van der Waals surface area contributed by atoms with Crippen molar-refractivity contribution in [1.29, 1.82) is 0 Å². The first-order valence-corrected chi connectivity index (χ1v) is 8.47. The van der Waals surface area contributed by atoms with E-state index in [0.29, 0.717) is 12.5 Å². The molecule has 24 heavy (non-hydrogen) atoms. The molecule has 2 aliphatic rings. The Hall–Kier alpha value is -1.46. The van der Waals surface area contributed by atoms with Gasteiger partial charge in [-0.15, -0.1) is 12.4 Å². The van der Waals surface area contributed by atoms with E-state index in [-0.39, 0.29) is 24.4 Å². The summed E-state index contributed by atoms with van der Waals surface area (Å²) < 4.78 is 10.7. The summed E-state index contributed by atoms with van der Waals surface area (Å²) in [7, 11) is 3.28. The summed E-state index contributed by atoms with van der Waals surface area (Å²) in [6.07, 6.45) is 4.98. The zero-order valence-corrected chi connectivity index (χ0v) is 15.2. The van der Waals surface area contributed by atoms with Crippen molar-refractivity contribution in [3.05, 3.63) is 23.8 Å². The van der Waals surface area contributed by atoms with Crippen molar-refractivity contribution in [2.24, 2.45) is 0 Å². The monoisotopic (exact) mass is 354 g/mol. The van der Waals surface area contributed by atoms with Gasteiger partial charge in [0.15, 0.2) is 11.5 Å². The summed E-state index contributed by atoms with van der Waals surface area (Å²) in [5, 5.41) is 3.41. The van der Waals surface area contributed by atoms with Gasteiger partial charge >= 0.3 is 0 Å². The lowest BCUT2D eigenvalue weighted by Crippen LogP contribution is -2.35. The van der Waals surface area contributed by atoms with Gasteiger partial charge in [-0.05, 0) is 49.9 Å². The second kappa shape index (κ2) is 8.58. The Balaban J connectivity index is 0.00000208. The molecule has 0 bridgehead atoms. The van der Waals surface area contributed by atoms with Gasteiger partial charge in [-0.3, -0.25) is 4.79 Å². The fraction of sp³-hybridized carbons (Fsp3) is 0.611. The predicted molar refractivity (Wildman–Crippen MR) is 96.1 cm³/mol. The van der Waals surface area contributed by atoms with Gasteiger partial charge < -0.3 is 19.7 Å². The largest absolute Gasteiger partial charge is 0.493 e. The smallest absolute Gasteiger partial charge is 0.224 e. The molecule has 2 saturated heterocycles. The minimum absolute atomic E-state index is 0. The maximum absolute atomic E-state index is 12.7. The van der Waals surface area contributed by atoms with E-state index in [4.69, 9.17) is 9.47 Å². The van der Waals surface area contributed by atoms with Gasteiger partial charge in [0.05, 0.1) is 20.3 Å². The Morgan fingerprint density at radius 2 is 2.00 bits per heavy atom. The second-order valence-electron chi connectivity index (χ2n) is 6.36. The molecule has 0 saturated carbocycles. The number of nitrogens with zero attached hydrogens (tertiary/aromatic N) is 1. The molecular weight excluding hydrogens is 328 g/mol. The average Bonchev–Trinajstić information content (AvgIpc) is 3.25. The number of hydrogen-bond donors (Lipinski definition) is 1. The Labute approximate surface area is 150 Å². The minimum atomic E-state index is 0. The highest BCUT2D eigenvalue weighted by Gasteiger charge is 2.32. The van der Waals surface area contributed by atoms with Crippen molar-refractivity contribution >= 4 is 18.3 Å². The third-order valence-electron chi connectivity index (χ3n) is 4.95. The van der Waals surface area contributed by atoms with Gasteiger partial charge in [-0.25, -0.2) is 0 Å². The number of hydrogen-bond acceptors (Lipinski definition) is 4. The number of carbonyl (C=O) groups excluding carboxylic acids is 1. The van der Waals surface area contributed by atoms with Crippen LogP contribution < -0.4 is 14.8 Å². The van der Waals surface area contributed by atoms with Crippen molar-refractivity contribution < 1.29 is 14.3 Å². The standard InChI is InChI=1S/C18H26N2O3.ClH/c1-22-16-8-7-13(11-17(16)23-2)15-6-4-10-20(15)18(21)12-14-5-3-9-19-14;/h7-8,11,14-15,19H,3-6,9-10,12H2,1-2H3;1H. The molecule has 5 nitrogen and oxygen atoms in total. The van der Waals surface area contributed by atoms with Crippen LogP contribution in [0.4, 0.5) is 0 Å². The SMILES string of the molecule is COc1ccc(C2CCCN2C(=O)CC2CCCN2)cc1OC.Cl. The number of ether oxygens (including phenoxy) is 2. The highest BCUT2D eigenvalue weighted by atomic mass is 35.5. The van der Waals surface area contributed by atoms with E-state index >= 15 is 0 Å². The molecule has 3 rings (SSSR count). The Morgan fingerprint density at radius 1 is 1.21 bits per heavy atom. The van der Waals surface area contributed by atoms with E-state index in [9.17, 15) is 4.79 Å². The number of carbonyl (C=O) groups is 1. The van der Waals surface area contributed by atoms with Crippen LogP contribution in [0.25, 0.3) is 0 Å². The first-order chi connectivity index (χ1) is 11.2. The summed E-state index contributed by atoms with van der Waals surface area (Å²) in [6.45, 7) is 1.89. The number of nitrogens with one attached hydrogen (secondary N) is 1. The molecule has 2 aliphatic heterocycles. The normalized spacial score (nSPS) is 23.0. The van der Waals surface area contributed by atoms with Gasteiger partial charge in [0.1, 0.15) is 0 Å². The first-order valence-electron chi connectivity index (χ1n) is 8.47. The topological polar surface area (TPSA) is 50.8 Å². The maximum atomic E-state index is 12.7. The molecule has 0 radical (unpaired) electrons. The van der Waals surface area contributed by atoms with Gasteiger partial charge in [0, 0.05) is 19.0 Å². The molecule has 1 aromatic carbocycles. The first kappa shape index (κ1) is 18.9. The van der Waals surface area contributed by atoms with E-state index in [1.165, 1.54) is 6.42 Å². The number of halogens is 1. The summed E-state index contributed by atoms with van der Waals surface area (Å²) in [6, 6.07) is 6.49. The summed E-state index contributed by atoms with van der Waals surface area (Å²) in [5.74, 6) is 1.71. The van der Waals surface area contributed by atoms with Crippen LogP contribution >= 0.6 is 12.4 Å². The molecule has 2 fully saturated rings. The number of amides is 1. The maximum Gasteiger partial charge on any atom is 0.224 e. The Morgan fingerprint density at radius 3 is 2.67 bits per heavy atom. The molecule has 1 N–H and O–H groups in total. The van der Waals surface area contributed by atoms with E-state index < -0.39 is 0 Å². The Bertz CT molecular complexity index is 561. The Kier molecular flexibility index (Phi) is 6.75. The highest BCUT2D eigenvalue weighted by molar-refractivity contribution is 5.85. The molecule has 2 unspecified atom stereocenters. The molecular formula is C18H27ClN2O3. The third kappa shape index (κ3) is 3.95. The van der Waals surface area contributed by atoms with E-state index in [1.807, 2.05) is 23.1 Å². The number of benzene rings is 1. The lowest BCUT2D eigenvalue weighted by atomic mass is 10.0.